The zero-order chi connectivity index (χ0) is 87.6. The molecule has 116 heavy (non-hydrogen) atoms. The summed E-state index contributed by atoms with van der Waals surface area (Å²) in [6.07, 6.45) is -1.11. The van der Waals surface area contributed by atoms with Crippen LogP contribution in [-0.2, 0) is 64.0 Å². The van der Waals surface area contributed by atoms with Gasteiger partial charge in [-0.3, -0.25) is 59.2 Å². The molecular weight excluding hydrogens is 1640 g/mol. The van der Waals surface area contributed by atoms with Crippen LogP contribution in [0.3, 0.4) is 0 Å². The van der Waals surface area contributed by atoms with E-state index in [0.717, 1.165) is 64.1 Å². The van der Waals surface area contributed by atoms with Crippen molar-refractivity contribution in [3.63, 3.8) is 0 Å². The maximum Gasteiger partial charge on any atom is 0.351 e. The van der Waals surface area contributed by atoms with Crippen LogP contribution in [0.1, 0.15) is 231 Å². The van der Waals surface area contributed by atoms with Crippen molar-refractivity contribution >= 4 is 83.9 Å². The van der Waals surface area contributed by atoms with E-state index in [0.29, 0.717) is 10.8 Å². The third-order valence-corrected chi connectivity index (χ3v) is 30.9. The van der Waals surface area contributed by atoms with E-state index in [1.54, 1.807) is 11.7 Å². The Morgan fingerprint density at radius 1 is 0.560 bits per heavy atom. The Kier molecular flexibility index (Phi) is 48.0. The van der Waals surface area contributed by atoms with E-state index in [2.05, 4.69) is 147 Å². The second kappa shape index (κ2) is 50.3. The molecule has 5 aromatic rings. The summed E-state index contributed by atoms with van der Waals surface area (Å²) in [4.78, 5) is 81.7. The van der Waals surface area contributed by atoms with Crippen molar-refractivity contribution in [3.8, 4) is 0 Å². The molecule has 12 N–H and O–H groups in total. The predicted molar refractivity (Wildman–Crippen MR) is 464 cm³/mol. The number of aliphatic hydroxyl groups excluding tert-OH is 6. The smallest absolute Gasteiger partial charge is 0.351 e. The third-order valence-electron chi connectivity index (χ3n) is 20.6. The molecule has 666 valence electrons. The van der Waals surface area contributed by atoms with Crippen LogP contribution in [0.25, 0.3) is 0 Å². The number of ether oxygens (including phenoxy) is 5. The van der Waals surface area contributed by atoms with Gasteiger partial charge in [0.25, 0.3) is 20.2 Å². The summed E-state index contributed by atoms with van der Waals surface area (Å²) in [6.45, 7) is 51.6. The molecule has 5 aliphatic rings. The Morgan fingerprint density at radius 2 is 0.871 bits per heavy atom. The number of aliphatic hydroxyl groups is 6. The van der Waals surface area contributed by atoms with Gasteiger partial charge >= 0.3 is 22.8 Å². The van der Waals surface area contributed by atoms with Gasteiger partial charge in [-0.15, -0.1) is 0 Å². The zero-order valence-corrected chi connectivity index (χ0v) is 77.1. The predicted octanol–water partition coefficient (Wildman–Crippen LogP) is 9.63. The molecule has 1 aromatic carbocycles. The number of nitrogens with one attached hydrogen (secondary N) is 4. The first-order valence-corrected chi connectivity index (χ1v) is 48.0. The first-order chi connectivity index (χ1) is 53.2. The van der Waals surface area contributed by atoms with Crippen LogP contribution in [0.2, 0.25) is 36.3 Å². The quantitative estimate of drug-likeness (QED) is 0.0220. The highest BCUT2D eigenvalue weighted by atomic mass is 35.7. The lowest BCUT2D eigenvalue weighted by molar-refractivity contribution is -0.0550. The van der Waals surface area contributed by atoms with E-state index in [4.69, 9.17) is 63.8 Å². The van der Waals surface area contributed by atoms with Gasteiger partial charge < -0.3 is 63.2 Å². The van der Waals surface area contributed by atoms with Crippen molar-refractivity contribution in [1.29, 1.82) is 0 Å². The molecule has 4 unspecified atom stereocenters. The van der Waals surface area contributed by atoms with Crippen LogP contribution in [0, 0.1) is 11.8 Å². The van der Waals surface area contributed by atoms with Crippen molar-refractivity contribution in [2.24, 2.45) is 11.8 Å². The maximum atomic E-state index is 12.4. The minimum absolute atomic E-state index is 0. The Morgan fingerprint density at radius 3 is 1.13 bits per heavy atom. The van der Waals surface area contributed by atoms with Crippen LogP contribution < -0.4 is 44.8 Å². The number of rotatable bonds is 18. The number of hydrogen-bond acceptors (Lipinski definition) is 29. The summed E-state index contributed by atoms with van der Waals surface area (Å²) in [5.74, 6) is 1.02. The Labute approximate surface area is 706 Å². The van der Waals surface area contributed by atoms with Crippen molar-refractivity contribution in [3.05, 3.63) is 141 Å². The topological polar surface area (TPSA) is 464 Å². The highest BCUT2D eigenvalue weighted by Gasteiger charge is 2.51. The number of benzene rings is 1. The molecule has 0 radical (unpaired) electrons. The Bertz CT molecular complexity index is 4200. The van der Waals surface area contributed by atoms with Gasteiger partial charge in [-0.1, -0.05) is 158 Å². The second-order valence-electron chi connectivity index (χ2n) is 31.3. The third kappa shape index (κ3) is 29.9. The Hall–Kier alpha value is -5.20. The number of aromatic nitrogens is 8. The number of halogens is 1. The molecule has 5 saturated heterocycles. The zero-order valence-electron chi connectivity index (χ0n) is 70.9. The highest BCUT2D eigenvalue weighted by molar-refractivity contribution is 8.13. The first kappa shape index (κ1) is 111. The molecule has 0 spiro atoms. The average Bonchev–Trinajstić information content (AvgIpc) is 1.51. The van der Waals surface area contributed by atoms with Gasteiger partial charge in [0, 0.05) is 95.0 Å². The van der Waals surface area contributed by atoms with Crippen molar-refractivity contribution in [2.75, 3.05) is 37.4 Å². The lowest BCUT2D eigenvalue weighted by Gasteiger charge is -2.40. The fourth-order valence-electron chi connectivity index (χ4n) is 11.9. The molecule has 0 amide bonds. The molecule has 0 bridgehead atoms. The standard InChI is InChI=1S/C17H31N3O4Si.C17H30N2O4Si.C15H23ClO2S.C9H13N3O6.C9H12N2O6.C4H8O.2C2H6.CH4.S2.H2S/c1-8-12-11(2)14(24-25(6,7)17(3,4)5)15(23-12)20-10-9-13(19-22)18-16(20)21;1-8-12-11(2)14(23-24(6,7)17(3,4)5)15(22-12)19-10-9-13(20)18-16(19)21;1-9(2)12-7-13(10(3)4)15(19(16,17)18)14(8-12)11(5)6;13-3-4-6(14)7(15)8(18-4)12-2-1-5(11-17)10-9(12)16;12-3-4-6(14)7(15)8(17-4)11-2-1-5(13)10-9(11)16;1-2-4-5-3-1;2*1-2;;1-2;/h9-12,14-15,22H,8H2,1-7H3,(H,18,19,21);9-12,14-15H,8H2,1-7H3,(H,18,20,21);7-11H,1-6H3;1-2,4,6-8,13-15,17H,3H2,(H,10,11,16);1-2,4,6-8,12,14-15H,3H2,(H,10,13,16);1-4H2;2*1-2H3;1H4;;1H2/t2*11-,12+,14?,15+;;2*4-,6+,7?,8-;;;;;;/m00.11....../s1. The number of anilines is 2. The van der Waals surface area contributed by atoms with Crippen LogP contribution in [0.15, 0.2) is 94.8 Å². The fourth-order valence-corrected chi connectivity index (χ4v) is 16.4. The molecule has 33 nitrogen and oxygen atoms in total. The van der Waals surface area contributed by atoms with E-state index in [1.807, 2.05) is 78.0 Å². The van der Waals surface area contributed by atoms with Crippen LogP contribution >= 0.6 is 24.2 Å². The van der Waals surface area contributed by atoms with Gasteiger partial charge in [0.1, 0.15) is 36.6 Å². The molecule has 9 heterocycles. The normalized spacial score (nSPS) is 24.8. The Balaban J connectivity index is 0.00000138. The fraction of sp³-hybridized carbons (Fsp3) is 0.711. The van der Waals surface area contributed by atoms with E-state index in [-0.39, 0.29) is 90.7 Å². The van der Waals surface area contributed by atoms with Gasteiger partial charge in [-0.25, -0.2) is 27.6 Å². The lowest BCUT2D eigenvalue weighted by atomic mass is 9.89. The molecule has 40 heteroatoms. The largest absolute Gasteiger partial charge is 0.409 e. The molecule has 0 aliphatic carbocycles. The van der Waals surface area contributed by atoms with Gasteiger partial charge in [0.05, 0.1) is 42.5 Å². The van der Waals surface area contributed by atoms with E-state index < -0.39 is 134 Å². The summed E-state index contributed by atoms with van der Waals surface area (Å²) >= 11 is 7.33. The van der Waals surface area contributed by atoms with Crippen LogP contribution in [0.4, 0.5) is 11.6 Å². The SMILES string of the molecule is C.C1CCOC1.CC.CC.CC(C)c1cc(C(C)C)c(S(=O)(=O)Cl)c(C(C)C)c1.CC[C@H]1O[C@@H](n2ccc(=O)[nH]c2=O)C(O[Si](C)(C)C(C)(C)C)[C@H]1C.CC[C@H]1O[C@@H](n2ccc(NO)nc2=O)C(O[Si](C)(C)C(C)(C)C)[C@H]1C.O=c1ccn([C@@H]2O[C@H](CO)[C@H](O)C2O)c(=O)[nH]1.O=c1nc(NO)ccn1[C@@H]1O[C@H](CO)[C@H](O)C1O.S.S=S. The van der Waals surface area contributed by atoms with Crippen molar-refractivity contribution in [2.45, 2.75) is 316 Å². The molecule has 5 aliphatic heterocycles. The van der Waals surface area contributed by atoms with Crippen molar-refractivity contribution in [1.82, 2.24) is 38.2 Å². The van der Waals surface area contributed by atoms with Gasteiger partial charge in [0.15, 0.2) is 53.2 Å². The van der Waals surface area contributed by atoms with E-state index in [9.17, 15) is 57.6 Å². The number of H-pyrrole nitrogens is 2. The summed E-state index contributed by atoms with van der Waals surface area (Å²) in [7, 11) is -2.12. The first-order valence-electron chi connectivity index (χ1n) is 38.6. The van der Waals surface area contributed by atoms with Crippen LogP contribution in [-0.4, -0.2) is 192 Å². The van der Waals surface area contributed by atoms with Gasteiger partial charge in [-0.05, 0) is 109 Å². The van der Waals surface area contributed by atoms with E-state index in [1.165, 1.54) is 52.6 Å². The average molecular weight is 1780 g/mol. The monoisotopic (exact) mass is 1770 g/mol. The molecular formula is C76H135ClN10O23S4Si2. The summed E-state index contributed by atoms with van der Waals surface area (Å²) < 4.78 is 69.5. The van der Waals surface area contributed by atoms with Gasteiger partial charge in [-0.2, -0.15) is 23.5 Å². The molecule has 5 fully saturated rings. The van der Waals surface area contributed by atoms with Gasteiger partial charge in [0.2, 0.25) is 0 Å². The highest BCUT2D eigenvalue weighted by Crippen LogP contribution is 2.46. The van der Waals surface area contributed by atoms with Crippen LogP contribution in [0.5, 0.6) is 0 Å². The summed E-state index contributed by atoms with van der Waals surface area (Å²) in [5, 5.41) is 73.9. The van der Waals surface area contributed by atoms with Crippen molar-refractivity contribution < 1.29 is 82.0 Å². The molecule has 4 aromatic heterocycles. The number of nitrogens with zero attached hydrogens (tertiary/aromatic N) is 6. The lowest BCUT2D eigenvalue weighted by Crippen LogP contribution is -2.47. The summed E-state index contributed by atoms with van der Waals surface area (Å²) in [5.41, 5.74) is 2.97. The number of hydrogen-bond donors (Lipinski definition) is 12. The second-order valence-corrected chi connectivity index (χ2v) is 43.3. The maximum absolute atomic E-state index is 12.4. The minimum Gasteiger partial charge on any atom is -0.409 e. The molecule has 10 rings (SSSR count). The summed E-state index contributed by atoms with van der Waals surface area (Å²) in [6, 6.07) is 9.23. The molecule has 16 atom stereocenters. The number of aromatic amines is 2. The van der Waals surface area contributed by atoms with E-state index >= 15 is 0 Å². The minimum atomic E-state index is -3.72. The molecule has 0 saturated carbocycles.